The summed E-state index contributed by atoms with van der Waals surface area (Å²) in [6.07, 6.45) is 1.49. The van der Waals surface area contributed by atoms with Gasteiger partial charge in [0.25, 0.3) is 0 Å². The van der Waals surface area contributed by atoms with Crippen molar-refractivity contribution in [2.24, 2.45) is 0 Å². The van der Waals surface area contributed by atoms with Crippen LogP contribution in [0.25, 0.3) is 0 Å². The van der Waals surface area contributed by atoms with Crippen LogP contribution in [0.4, 0.5) is 5.82 Å². The molecule has 5 heteroatoms. The molecular weight excluding hydrogens is 270 g/mol. The van der Waals surface area contributed by atoms with E-state index in [0.717, 1.165) is 16.0 Å². The number of hydrogen-bond acceptors (Lipinski definition) is 4. The zero-order valence-electron chi connectivity index (χ0n) is 8.39. The second-order valence-corrected chi connectivity index (χ2v) is 4.06. The van der Waals surface area contributed by atoms with Gasteiger partial charge in [-0.15, -0.1) is 0 Å². The summed E-state index contributed by atoms with van der Waals surface area (Å²) in [4.78, 5) is 8.01. The summed E-state index contributed by atoms with van der Waals surface area (Å²) in [6.45, 7) is 0.656. The molecule has 0 saturated heterocycles. The van der Waals surface area contributed by atoms with Crippen molar-refractivity contribution in [2.75, 3.05) is 5.32 Å². The molecule has 1 aromatic heterocycles. The van der Waals surface area contributed by atoms with Gasteiger partial charge in [-0.25, -0.2) is 9.97 Å². The minimum Gasteiger partial charge on any atom is -0.508 e. The first kappa shape index (κ1) is 10.9. The molecular formula is C11H10BrN3O. The van der Waals surface area contributed by atoms with Crippen LogP contribution in [0.1, 0.15) is 5.56 Å². The number of benzene rings is 1. The van der Waals surface area contributed by atoms with Crippen molar-refractivity contribution in [3.63, 3.8) is 0 Å². The van der Waals surface area contributed by atoms with E-state index in [1.165, 1.54) is 6.33 Å². The summed E-state index contributed by atoms with van der Waals surface area (Å²) in [5.74, 6) is 1.03. The Balaban J connectivity index is 1.99. The smallest absolute Gasteiger partial charge is 0.130 e. The molecule has 0 unspecified atom stereocenters. The molecule has 2 aromatic rings. The van der Waals surface area contributed by atoms with Crippen LogP contribution in [-0.4, -0.2) is 15.1 Å². The Hall–Kier alpha value is -1.62. The van der Waals surface area contributed by atoms with Gasteiger partial charge in [-0.1, -0.05) is 12.1 Å². The third-order valence-electron chi connectivity index (χ3n) is 2.04. The van der Waals surface area contributed by atoms with E-state index in [1.54, 1.807) is 18.2 Å². The lowest BCUT2D eigenvalue weighted by Crippen LogP contribution is -2.01. The van der Waals surface area contributed by atoms with Crippen LogP contribution in [0.15, 0.2) is 41.3 Å². The van der Waals surface area contributed by atoms with E-state index in [0.29, 0.717) is 6.54 Å². The zero-order chi connectivity index (χ0) is 11.4. The van der Waals surface area contributed by atoms with Crippen LogP contribution in [0.5, 0.6) is 5.75 Å². The number of halogens is 1. The van der Waals surface area contributed by atoms with Crippen molar-refractivity contribution in [2.45, 2.75) is 6.54 Å². The van der Waals surface area contributed by atoms with E-state index in [4.69, 9.17) is 5.11 Å². The third kappa shape index (κ3) is 2.93. The van der Waals surface area contributed by atoms with Gasteiger partial charge < -0.3 is 10.4 Å². The average molecular weight is 280 g/mol. The number of rotatable bonds is 3. The number of nitrogens with one attached hydrogen (secondary N) is 1. The van der Waals surface area contributed by atoms with Crippen molar-refractivity contribution in [3.8, 4) is 5.75 Å². The maximum absolute atomic E-state index is 9.13. The van der Waals surface area contributed by atoms with Gasteiger partial charge in [0, 0.05) is 12.6 Å². The number of aromatic hydroxyl groups is 1. The zero-order valence-corrected chi connectivity index (χ0v) is 9.98. The Morgan fingerprint density at radius 1 is 1.19 bits per heavy atom. The molecule has 0 fully saturated rings. The summed E-state index contributed by atoms with van der Waals surface area (Å²) in [5.41, 5.74) is 1.08. The predicted octanol–water partition coefficient (Wildman–Crippen LogP) is 2.56. The van der Waals surface area contributed by atoms with Gasteiger partial charge in [-0.2, -0.15) is 0 Å². The number of hydrogen-bond donors (Lipinski definition) is 2. The third-order valence-corrected chi connectivity index (χ3v) is 2.48. The lowest BCUT2D eigenvalue weighted by Gasteiger charge is -2.05. The second kappa shape index (κ2) is 4.94. The van der Waals surface area contributed by atoms with Crippen molar-refractivity contribution in [1.82, 2.24) is 9.97 Å². The molecule has 0 amide bonds. The molecule has 2 rings (SSSR count). The van der Waals surface area contributed by atoms with Crippen molar-refractivity contribution < 1.29 is 5.11 Å². The highest BCUT2D eigenvalue weighted by molar-refractivity contribution is 9.10. The lowest BCUT2D eigenvalue weighted by atomic mass is 10.2. The van der Waals surface area contributed by atoms with Crippen LogP contribution < -0.4 is 5.32 Å². The summed E-state index contributed by atoms with van der Waals surface area (Å²) >= 11 is 3.27. The van der Waals surface area contributed by atoms with Crippen LogP contribution in [0.2, 0.25) is 0 Å². The van der Waals surface area contributed by atoms with E-state index in [1.807, 2.05) is 12.1 Å². The Morgan fingerprint density at radius 2 is 1.94 bits per heavy atom. The summed E-state index contributed by atoms with van der Waals surface area (Å²) in [5, 5.41) is 12.3. The fourth-order valence-corrected chi connectivity index (χ4v) is 1.55. The van der Waals surface area contributed by atoms with Crippen molar-refractivity contribution in [1.29, 1.82) is 0 Å². The Kier molecular flexibility index (Phi) is 3.36. The molecule has 0 aliphatic rings. The van der Waals surface area contributed by atoms with Crippen LogP contribution in [0.3, 0.4) is 0 Å². The molecule has 1 aromatic carbocycles. The molecule has 0 bridgehead atoms. The maximum Gasteiger partial charge on any atom is 0.130 e. The van der Waals surface area contributed by atoms with E-state index in [9.17, 15) is 0 Å². The second-order valence-electron chi connectivity index (χ2n) is 3.25. The largest absolute Gasteiger partial charge is 0.508 e. The van der Waals surface area contributed by atoms with Gasteiger partial charge in [0.1, 0.15) is 22.5 Å². The fourth-order valence-electron chi connectivity index (χ4n) is 1.24. The Labute approximate surface area is 102 Å². The first-order chi connectivity index (χ1) is 7.74. The highest BCUT2D eigenvalue weighted by atomic mass is 79.9. The molecule has 0 spiro atoms. The fraction of sp³-hybridized carbons (Fsp3) is 0.0909. The molecule has 0 saturated carbocycles. The van der Waals surface area contributed by atoms with Gasteiger partial charge in [-0.3, -0.25) is 0 Å². The molecule has 16 heavy (non-hydrogen) atoms. The average Bonchev–Trinajstić information content (AvgIpc) is 2.28. The van der Waals surface area contributed by atoms with Crippen LogP contribution >= 0.6 is 15.9 Å². The molecule has 4 nitrogen and oxygen atoms in total. The Bertz CT molecular complexity index is 473. The monoisotopic (exact) mass is 279 g/mol. The lowest BCUT2D eigenvalue weighted by molar-refractivity contribution is 0.475. The molecule has 82 valence electrons. The normalized spacial score (nSPS) is 10.1. The predicted molar refractivity (Wildman–Crippen MR) is 65.2 cm³/mol. The van der Waals surface area contributed by atoms with Gasteiger partial charge in [-0.05, 0) is 33.6 Å². The topological polar surface area (TPSA) is 58.0 Å². The minimum atomic E-state index is 0.272. The summed E-state index contributed by atoms with van der Waals surface area (Å²) < 4.78 is 0.746. The summed E-state index contributed by atoms with van der Waals surface area (Å²) in [7, 11) is 0. The molecule has 0 aliphatic carbocycles. The SMILES string of the molecule is Oc1ccc(CNc2cc(Br)ncn2)cc1. The number of phenolic OH excluding ortho intramolecular Hbond substituents is 1. The molecule has 0 radical (unpaired) electrons. The highest BCUT2D eigenvalue weighted by Gasteiger charge is 1.97. The first-order valence-corrected chi connectivity index (χ1v) is 5.53. The van der Waals surface area contributed by atoms with E-state index >= 15 is 0 Å². The molecule has 1 heterocycles. The minimum absolute atomic E-state index is 0.272. The number of nitrogens with zero attached hydrogens (tertiary/aromatic N) is 2. The number of aromatic nitrogens is 2. The number of anilines is 1. The van der Waals surface area contributed by atoms with E-state index < -0.39 is 0 Å². The summed E-state index contributed by atoms with van der Waals surface area (Å²) in [6, 6.07) is 8.84. The van der Waals surface area contributed by atoms with Crippen molar-refractivity contribution in [3.05, 3.63) is 46.8 Å². The molecule has 0 atom stereocenters. The molecule has 0 aliphatic heterocycles. The van der Waals surface area contributed by atoms with Crippen LogP contribution in [-0.2, 0) is 6.54 Å². The first-order valence-electron chi connectivity index (χ1n) is 4.73. The number of phenols is 1. The van der Waals surface area contributed by atoms with Crippen molar-refractivity contribution >= 4 is 21.7 Å². The maximum atomic E-state index is 9.13. The van der Waals surface area contributed by atoms with Gasteiger partial charge in [0.05, 0.1) is 0 Å². The van der Waals surface area contributed by atoms with Gasteiger partial charge in [0.2, 0.25) is 0 Å². The van der Waals surface area contributed by atoms with Gasteiger partial charge >= 0.3 is 0 Å². The van der Waals surface area contributed by atoms with E-state index in [-0.39, 0.29) is 5.75 Å². The van der Waals surface area contributed by atoms with Crippen LogP contribution in [0, 0.1) is 0 Å². The molecule has 2 N–H and O–H groups in total. The quantitative estimate of drug-likeness (QED) is 0.848. The van der Waals surface area contributed by atoms with Gasteiger partial charge in [0.15, 0.2) is 0 Å². The highest BCUT2D eigenvalue weighted by Crippen LogP contribution is 2.13. The Morgan fingerprint density at radius 3 is 2.62 bits per heavy atom. The van der Waals surface area contributed by atoms with E-state index in [2.05, 4.69) is 31.2 Å². The standard InChI is InChI=1S/C11H10BrN3O/c12-10-5-11(15-7-14-10)13-6-8-1-3-9(16)4-2-8/h1-5,7,16H,6H2,(H,13,14,15).